The van der Waals surface area contributed by atoms with Gasteiger partial charge in [-0.15, -0.1) is 0 Å². The van der Waals surface area contributed by atoms with E-state index in [0.717, 1.165) is 29.9 Å². The Balaban J connectivity index is 2.47. The smallest absolute Gasteiger partial charge is 0.153 e. The predicted molar refractivity (Wildman–Crippen MR) is 68.0 cm³/mol. The molecule has 2 aromatic heterocycles. The monoisotopic (exact) mass is 230 g/mol. The van der Waals surface area contributed by atoms with Gasteiger partial charge in [-0.25, -0.2) is 9.67 Å². The maximum atomic E-state index is 5.64. The van der Waals surface area contributed by atoms with Gasteiger partial charge in [0.1, 0.15) is 0 Å². The number of aromatic nitrogens is 3. The molecular formula is C13H18N4. The molecule has 0 amide bonds. The van der Waals surface area contributed by atoms with Crippen molar-refractivity contribution in [1.82, 2.24) is 14.8 Å². The highest BCUT2D eigenvalue weighted by atomic mass is 15.3. The molecule has 0 atom stereocenters. The van der Waals surface area contributed by atoms with Gasteiger partial charge in [-0.1, -0.05) is 13.8 Å². The molecule has 2 heterocycles. The predicted octanol–water partition coefficient (Wildman–Crippen LogP) is 1.85. The molecule has 0 radical (unpaired) electrons. The fourth-order valence-electron chi connectivity index (χ4n) is 1.80. The minimum atomic E-state index is 0.527. The molecule has 0 aromatic carbocycles. The Kier molecular flexibility index (Phi) is 3.54. The van der Waals surface area contributed by atoms with Crippen LogP contribution in [0.5, 0.6) is 0 Å². The third-order valence-electron chi connectivity index (χ3n) is 2.82. The van der Waals surface area contributed by atoms with E-state index in [1.807, 2.05) is 16.8 Å². The normalized spacial score (nSPS) is 10.8. The molecule has 4 heteroatoms. The lowest BCUT2D eigenvalue weighted by atomic mass is 10.2. The zero-order chi connectivity index (χ0) is 12.3. The second-order valence-electron chi connectivity index (χ2n) is 3.97. The van der Waals surface area contributed by atoms with Crippen LogP contribution < -0.4 is 5.73 Å². The number of nitrogens with zero attached hydrogens (tertiary/aromatic N) is 3. The summed E-state index contributed by atoms with van der Waals surface area (Å²) in [6, 6.07) is 6.06. The van der Waals surface area contributed by atoms with E-state index < -0.39 is 0 Å². The fourth-order valence-corrected chi connectivity index (χ4v) is 1.80. The lowest BCUT2D eigenvalue weighted by Crippen LogP contribution is -2.06. The van der Waals surface area contributed by atoms with Crippen LogP contribution in [0.15, 0.2) is 24.4 Å². The van der Waals surface area contributed by atoms with Gasteiger partial charge in [0.2, 0.25) is 0 Å². The van der Waals surface area contributed by atoms with Crippen LogP contribution in [0.1, 0.15) is 30.8 Å². The average Bonchev–Trinajstić information content (AvgIpc) is 2.82. The summed E-state index contributed by atoms with van der Waals surface area (Å²) >= 11 is 0. The van der Waals surface area contributed by atoms with Crippen LogP contribution in [0, 0.1) is 0 Å². The first-order valence-electron chi connectivity index (χ1n) is 6.01. The van der Waals surface area contributed by atoms with Crippen molar-refractivity contribution in [3.05, 3.63) is 41.3 Å². The van der Waals surface area contributed by atoms with Crippen molar-refractivity contribution in [3.63, 3.8) is 0 Å². The van der Waals surface area contributed by atoms with E-state index in [9.17, 15) is 0 Å². The molecule has 0 aliphatic carbocycles. The minimum absolute atomic E-state index is 0.527. The first-order chi connectivity index (χ1) is 8.28. The highest BCUT2D eigenvalue weighted by Crippen LogP contribution is 2.13. The van der Waals surface area contributed by atoms with Gasteiger partial charge >= 0.3 is 0 Å². The molecule has 0 fully saturated rings. The summed E-state index contributed by atoms with van der Waals surface area (Å²) < 4.78 is 1.91. The van der Waals surface area contributed by atoms with Crippen molar-refractivity contribution in [1.29, 1.82) is 0 Å². The lowest BCUT2D eigenvalue weighted by molar-refractivity contribution is 0.770. The first-order valence-corrected chi connectivity index (χ1v) is 6.01. The Hall–Kier alpha value is -1.68. The van der Waals surface area contributed by atoms with E-state index in [1.54, 1.807) is 6.20 Å². The van der Waals surface area contributed by atoms with Crippen LogP contribution >= 0.6 is 0 Å². The molecule has 0 saturated heterocycles. The molecule has 0 saturated carbocycles. The van der Waals surface area contributed by atoms with Gasteiger partial charge in [-0.2, -0.15) is 5.10 Å². The summed E-state index contributed by atoms with van der Waals surface area (Å²) in [4.78, 5) is 4.36. The van der Waals surface area contributed by atoms with Crippen molar-refractivity contribution in [2.24, 2.45) is 5.73 Å². The number of pyridine rings is 1. The molecular weight excluding hydrogens is 212 g/mol. The van der Waals surface area contributed by atoms with Crippen LogP contribution in [-0.2, 0) is 19.4 Å². The van der Waals surface area contributed by atoms with Crippen molar-refractivity contribution in [2.45, 2.75) is 33.2 Å². The van der Waals surface area contributed by atoms with E-state index in [2.05, 4.69) is 30.0 Å². The van der Waals surface area contributed by atoms with Gasteiger partial charge < -0.3 is 5.73 Å². The summed E-state index contributed by atoms with van der Waals surface area (Å²) in [6.07, 6.45) is 3.67. The van der Waals surface area contributed by atoms with Crippen LogP contribution in [0.3, 0.4) is 0 Å². The maximum absolute atomic E-state index is 5.64. The highest BCUT2D eigenvalue weighted by molar-refractivity contribution is 5.30. The zero-order valence-electron chi connectivity index (χ0n) is 10.3. The molecule has 0 unspecified atom stereocenters. The van der Waals surface area contributed by atoms with Gasteiger partial charge in [0.15, 0.2) is 5.82 Å². The Labute approximate surface area is 101 Å². The average molecular weight is 230 g/mol. The number of hydrogen-bond donors (Lipinski definition) is 1. The fraction of sp³-hybridized carbons (Fsp3) is 0.385. The van der Waals surface area contributed by atoms with Crippen molar-refractivity contribution >= 4 is 0 Å². The maximum Gasteiger partial charge on any atom is 0.153 e. The molecule has 2 rings (SSSR count). The SMILES string of the molecule is CCc1cc(CC)n(-c2cc(CN)ccn2)n1. The summed E-state index contributed by atoms with van der Waals surface area (Å²) in [5.74, 6) is 0.851. The van der Waals surface area contributed by atoms with Gasteiger partial charge in [-0.3, -0.25) is 0 Å². The Bertz CT molecular complexity index is 502. The van der Waals surface area contributed by atoms with Gasteiger partial charge in [0.25, 0.3) is 0 Å². The molecule has 2 N–H and O–H groups in total. The molecule has 0 spiro atoms. The number of rotatable bonds is 4. The second-order valence-corrected chi connectivity index (χ2v) is 3.97. The number of hydrogen-bond acceptors (Lipinski definition) is 3. The molecule has 0 bridgehead atoms. The Morgan fingerprint density at radius 3 is 2.71 bits per heavy atom. The standard InChI is InChI=1S/C13H18N4/c1-3-11-8-12(4-2)17(16-11)13-7-10(9-14)5-6-15-13/h5-8H,3-4,9,14H2,1-2H3. The van der Waals surface area contributed by atoms with Crippen molar-refractivity contribution in [2.75, 3.05) is 0 Å². The Morgan fingerprint density at radius 1 is 1.24 bits per heavy atom. The van der Waals surface area contributed by atoms with Crippen molar-refractivity contribution < 1.29 is 0 Å². The largest absolute Gasteiger partial charge is 0.326 e. The molecule has 4 nitrogen and oxygen atoms in total. The summed E-state index contributed by atoms with van der Waals surface area (Å²) in [7, 11) is 0. The van der Waals surface area contributed by atoms with Crippen molar-refractivity contribution in [3.8, 4) is 5.82 Å². The third-order valence-corrected chi connectivity index (χ3v) is 2.82. The number of aryl methyl sites for hydroxylation is 2. The third kappa shape index (κ3) is 2.36. The van der Waals surface area contributed by atoms with Gasteiger partial charge in [-0.05, 0) is 36.6 Å². The van der Waals surface area contributed by atoms with Gasteiger partial charge in [0.05, 0.1) is 5.69 Å². The highest BCUT2D eigenvalue weighted by Gasteiger charge is 2.08. The topological polar surface area (TPSA) is 56.7 Å². The first kappa shape index (κ1) is 11.8. The van der Waals surface area contributed by atoms with Crippen LogP contribution in [-0.4, -0.2) is 14.8 Å². The summed E-state index contributed by atoms with van der Waals surface area (Å²) in [5.41, 5.74) is 9.00. The zero-order valence-corrected chi connectivity index (χ0v) is 10.3. The molecule has 17 heavy (non-hydrogen) atoms. The molecule has 2 aromatic rings. The second kappa shape index (κ2) is 5.10. The summed E-state index contributed by atoms with van der Waals surface area (Å²) in [6.45, 7) is 4.76. The van der Waals surface area contributed by atoms with Crippen LogP contribution in [0.25, 0.3) is 5.82 Å². The van der Waals surface area contributed by atoms with Crippen LogP contribution in [0.2, 0.25) is 0 Å². The van der Waals surface area contributed by atoms with E-state index in [4.69, 9.17) is 5.73 Å². The summed E-state index contributed by atoms with van der Waals surface area (Å²) in [5, 5.41) is 4.56. The van der Waals surface area contributed by atoms with E-state index in [-0.39, 0.29) is 0 Å². The minimum Gasteiger partial charge on any atom is -0.326 e. The molecule has 0 aliphatic heterocycles. The molecule has 90 valence electrons. The van der Waals surface area contributed by atoms with Gasteiger partial charge in [0, 0.05) is 18.4 Å². The van der Waals surface area contributed by atoms with E-state index in [0.29, 0.717) is 6.54 Å². The van der Waals surface area contributed by atoms with Crippen LogP contribution in [0.4, 0.5) is 0 Å². The van der Waals surface area contributed by atoms with E-state index in [1.165, 1.54) is 5.69 Å². The Morgan fingerprint density at radius 2 is 2.06 bits per heavy atom. The lowest BCUT2D eigenvalue weighted by Gasteiger charge is -2.06. The quantitative estimate of drug-likeness (QED) is 0.872. The van der Waals surface area contributed by atoms with E-state index >= 15 is 0 Å². The number of nitrogens with two attached hydrogens (primary N) is 1. The molecule has 0 aliphatic rings.